The maximum absolute atomic E-state index is 12.2. The fourth-order valence-electron chi connectivity index (χ4n) is 3.48. The maximum Gasteiger partial charge on any atom is 0.410 e. The van der Waals surface area contributed by atoms with Crippen molar-refractivity contribution in [3.63, 3.8) is 0 Å². The number of fused-ring (bicyclic) bond motifs is 1. The quantitative estimate of drug-likeness (QED) is 0.712. The summed E-state index contributed by atoms with van der Waals surface area (Å²) in [5.74, 6) is 0.141. The molecule has 1 aliphatic heterocycles. The van der Waals surface area contributed by atoms with E-state index in [4.69, 9.17) is 9.47 Å². The zero-order valence-corrected chi connectivity index (χ0v) is 17.7. The van der Waals surface area contributed by atoms with Gasteiger partial charge in [0.05, 0.1) is 12.8 Å². The molecule has 1 aliphatic rings. The molecule has 3 rings (SSSR count). The Morgan fingerprint density at radius 3 is 2.62 bits per heavy atom. The standard InChI is InChI=1S/C21H30N4O4/c1-5-28-19(26)17-14-22-25-13-10-16(23-18(17)25)7-6-15-8-11-24(12-9-15)20(27)29-21(2,3)4/h10,13-15H,5-9,11-12H2,1-4H3. The third kappa shape index (κ3) is 5.46. The van der Waals surface area contributed by atoms with Crippen LogP contribution in [0.15, 0.2) is 18.5 Å². The van der Waals surface area contributed by atoms with E-state index in [1.807, 2.05) is 33.0 Å². The van der Waals surface area contributed by atoms with Crippen molar-refractivity contribution in [1.82, 2.24) is 19.5 Å². The summed E-state index contributed by atoms with van der Waals surface area (Å²) >= 11 is 0. The van der Waals surface area contributed by atoms with Crippen LogP contribution in [-0.4, -0.2) is 56.9 Å². The number of aryl methyl sites for hydroxylation is 1. The van der Waals surface area contributed by atoms with Gasteiger partial charge < -0.3 is 14.4 Å². The predicted octanol–water partition coefficient (Wildman–Crippen LogP) is 3.49. The van der Waals surface area contributed by atoms with Crippen LogP contribution in [0.25, 0.3) is 5.65 Å². The van der Waals surface area contributed by atoms with Crippen LogP contribution in [0.3, 0.4) is 0 Å². The van der Waals surface area contributed by atoms with Crippen molar-refractivity contribution >= 4 is 17.7 Å². The molecule has 1 saturated heterocycles. The Labute approximate surface area is 171 Å². The van der Waals surface area contributed by atoms with E-state index >= 15 is 0 Å². The molecule has 158 valence electrons. The highest BCUT2D eigenvalue weighted by Crippen LogP contribution is 2.24. The molecule has 1 fully saturated rings. The first kappa shape index (κ1) is 21.1. The van der Waals surface area contributed by atoms with E-state index in [9.17, 15) is 9.59 Å². The first-order chi connectivity index (χ1) is 13.8. The number of hydrogen-bond acceptors (Lipinski definition) is 6. The lowest BCUT2D eigenvalue weighted by atomic mass is 9.91. The second-order valence-electron chi connectivity index (χ2n) is 8.42. The van der Waals surface area contributed by atoms with Crippen molar-refractivity contribution in [2.75, 3.05) is 19.7 Å². The molecular formula is C21H30N4O4. The van der Waals surface area contributed by atoms with Crippen molar-refractivity contribution in [2.24, 2.45) is 5.92 Å². The van der Waals surface area contributed by atoms with Gasteiger partial charge in [-0.2, -0.15) is 5.10 Å². The summed E-state index contributed by atoms with van der Waals surface area (Å²) in [6.45, 7) is 9.19. The van der Waals surface area contributed by atoms with Gasteiger partial charge in [0.25, 0.3) is 0 Å². The molecule has 0 bridgehead atoms. The predicted molar refractivity (Wildman–Crippen MR) is 108 cm³/mol. The first-order valence-corrected chi connectivity index (χ1v) is 10.2. The van der Waals surface area contributed by atoms with Gasteiger partial charge in [-0.15, -0.1) is 0 Å². The number of aromatic nitrogens is 3. The number of ether oxygens (including phenoxy) is 2. The Kier molecular flexibility index (Phi) is 6.39. The third-order valence-electron chi connectivity index (χ3n) is 5.00. The summed E-state index contributed by atoms with van der Waals surface area (Å²) in [7, 11) is 0. The van der Waals surface area contributed by atoms with Gasteiger partial charge in [0.1, 0.15) is 11.2 Å². The average molecular weight is 402 g/mol. The highest BCUT2D eigenvalue weighted by Gasteiger charge is 2.26. The van der Waals surface area contributed by atoms with E-state index in [1.165, 1.54) is 6.20 Å². The minimum absolute atomic E-state index is 0.227. The summed E-state index contributed by atoms with van der Waals surface area (Å²) in [6.07, 6.45) is 6.83. The van der Waals surface area contributed by atoms with Crippen molar-refractivity contribution in [3.8, 4) is 0 Å². The Morgan fingerprint density at radius 2 is 1.97 bits per heavy atom. The molecule has 0 radical (unpaired) electrons. The number of amides is 1. The molecule has 1 amide bonds. The Hall–Kier alpha value is -2.64. The lowest BCUT2D eigenvalue weighted by molar-refractivity contribution is 0.0181. The van der Waals surface area contributed by atoms with Crippen LogP contribution in [0.2, 0.25) is 0 Å². The zero-order chi connectivity index (χ0) is 21.0. The number of hydrogen-bond donors (Lipinski definition) is 0. The van der Waals surface area contributed by atoms with Crippen LogP contribution < -0.4 is 0 Å². The molecule has 3 heterocycles. The molecule has 0 aliphatic carbocycles. The number of likely N-dealkylation sites (tertiary alicyclic amines) is 1. The lowest BCUT2D eigenvalue weighted by Gasteiger charge is -2.33. The Bertz CT molecular complexity index is 863. The Morgan fingerprint density at radius 1 is 1.24 bits per heavy atom. The Balaban J connectivity index is 1.54. The molecule has 2 aromatic heterocycles. The molecular weight excluding hydrogens is 372 g/mol. The molecule has 2 aromatic rings. The summed E-state index contributed by atoms with van der Waals surface area (Å²) in [5.41, 5.74) is 1.38. The monoisotopic (exact) mass is 402 g/mol. The fourth-order valence-corrected chi connectivity index (χ4v) is 3.48. The van der Waals surface area contributed by atoms with E-state index in [0.717, 1.165) is 44.5 Å². The summed E-state index contributed by atoms with van der Waals surface area (Å²) in [5, 5.41) is 4.17. The minimum Gasteiger partial charge on any atom is -0.462 e. The molecule has 0 spiro atoms. The van der Waals surface area contributed by atoms with Crippen molar-refractivity contribution in [1.29, 1.82) is 0 Å². The van der Waals surface area contributed by atoms with Crippen LogP contribution in [0, 0.1) is 5.92 Å². The summed E-state index contributed by atoms with van der Waals surface area (Å²) in [6, 6.07) is 1.94. The first-order valence-electron chi connectivity index (χ1n) is 10.2. The van der Waals surface area contributed by atoms with Gasteiger partial charge in [-0.05, 0) is 65.4 Å². The topological polar surface area (TPSA) is 86.0 Å². The van der Waals surface area contributed by atoms with E-state index in [1.54, 1.807) is 16.3 Å². The number of piperidine rings is 1. The maximum atomic E-state index is 12.2. The second kappa shape index (κ2) is 8.80. The van der Waals surface area contributed by atoms with Crippen molar-refractivity contribution in [2.45, 2.75) is 59.0 Å². The molecule has 8 heteroatoms. The van der Waals surface area contributed by atoms with Gasteiger partial charge in [0.2, 0.25) is 0 Å². The molecule has 29 heavy (non-hydrogen) atoms. The number of rotatable bonds is 5. The molecule has 0 saturated carbocycles. The lowest BCUT2D eigenvalue weighted by Crippen LogP contribution is -2.41. The molecule has 8 nitrogen and oxygen atoms in total. The van der Waals surface area contributed by atoms with Crippen molar-refractivity contribution in [3.05, 3.63) is 29.7 Å². The minimum atomic E-state index is -0.464. The van der Waals surface area contributed by atoms with Gasteiger partial charge in [0, 0.05) is 25.0 Å². The van der Waals surface area contributed by atoms with Crippen LogP contribution in [-0.2, 0) is 15.9 Å². The third-order valence-corrected chi connectivity index (χ3v) is 5.00. The van der Waals surface area contributed by atoms with Crippen LogP contribution >= 0.6 is 0 Å². The van der Waals surface area contributed by atoms with E-state index in [0.29, 0.717) is 23.7 Å². The van der Waals surface area contributed by atoms with E-state index in [-0.39, 0.29) is 6.09 Å². The summed E-state index contributed by atoms with van der Waals surface area (Å²) < 4.78 is 12.1. The van der Waals surface area contributed by atoms with Gasteiger partial charge in [0.15, 0.2) is 5.65 Å². The van der Waals surface area contributed by atoms with Gasteiger partial charge >= 0.3 is 12.1 Å². The van der Waals surface area contributed by atoms with Gasteiger partial charge in [-0.3, -0.25) is 0 Å². The van der Waals surface area contributed by atoms with Gasteiger partial charge in [-0.25, -0.2) is 19.1 Å². The molecule has 0 atom stereocenters. The highest BCUT2D eigenvalue weighted by atomic mass is 16.6. The number of esters is 1. The van der Waals surface area contributed by atoms with E-state index in [2.05, 4.69) is 10.1 Å². The van der Waals surface area contributed by atoms with Crippen LogP contribution in [0.4, 0.5) is 4.79 Å². The zero-order valence-electron chi connectivity index (χ0n) is 17.7. The van der Waals surface area contributed by atoms with E-state index < -0.39 is 11.6 Å². The van der Waals surface area contributed by atoms with Crippen molar-refractivity contribution < 1.29 is 19.1 Å². The normalized spacial score (nSPS) is 15.5. The molecule has 0 unspecified atom stereocenters. The fraction of sp³-hybridized carbons (Fsp3) is 0.619. The molecule has 0 aromatic carbocycles. The van der Waals surface area contributed by atoms with Crippen LogP contribution in [0.1, 0.15) is 63.0 Å². The SMILES string of the molecule is CCOC(=O)c1cnn2ccc(CCC3CCN(C(=O)OC(C)(C)C)CC3)nc12. The number of carbonyl (C=O) groups excluding carboxylic acids is 2. The number of nitrogens with zero attached hydrogens (tertiary/aromatic N) is 4. The smallest absolute Gasteiger partial charge is 0.410 e. The second-order valence-corrected chi connectivity index (χ2v) is 8.42. The summed E-state index contributed by atoms with van der Waals surface area (Å²) in [4.78, 5) is 30.6. The number of carbonyl (C=O) groups is 2. The largest absolute Gasteiger partial charge is 0.462 e. The molecule has 0 N–H and O–H groups in total. The highest BCUT2D eigenvalue weighted by molar-refractivity contribution is 5.95. The average Bonchev–Trinajstić information content (AvgIpc) is 3.09. The van der Waals surface area contributed by atoms with Gasteiger partial charge in [-0.1, -0.05) is 0 Å². The van der Waals surface area contributed by atoms with Crippen LogP contribution in [0.5, 0.6) is 0 Å².